The Hall–Kier alpha value is -3.32. The van der Waals surface area contributed by atoms with Crippen molar-refractivity contribution in [3.05, 3.63) is 113 Å². The summed E-state index contributed by atoms with van der Waals surface area (Å²) in [6, 6.07) is 5.55. The fraction of sp³-hybridized carbons (Fsp3) is 0.500. The molecule has 1 aliphatic carbocycles. The van der Waals surface area contributed by atoms with Gasteiger partial charge in [0.15, 0.2) is 0 Å². The number of carbonyl (C=O) groups is 2. The molecule has 6 nitrogen and oxygen atoms in total. The summed E-state index contributed by atoms with van der Waals surface area (Å²) in [6.45, 7) is 7.66. The van der Waals surface area contributed by atoms with Crippen molar-refractivity contribution in [2.45, 2.75) is 96.4 Å². The van der Waals surface area contributed by atoms with Gasteiger partial charge in [-0.05, 0) is 95.0 Å². The van der Waals surface area contributed by atoms with Gasteiger partial charge in [0.05, 0.1) is 28.4 Å². The number of hydrogen-bond donors (Lipinski definition) is 0. The van der Waals surface area contributed by atoms with Gasteiger partial charge in [0.1, 0.15) is 5.76 Å². The van der Waals surface area contributed by atoms with Crippen LogP contribution in [0.1, 0.15) is 90.4 Å². The molecule has 2 atom stereocenters. The number of fused-ring (bicyclic) bond motifs is 1. The predicted molar refractivity (Wildman–Crippen MR) is 219 cm³/mol. The first-order valence-electron chi connectivity index (χ1n) is 19.5. The second kappa shape index (κ2) is 24.1. The first kappa shape index (κ1) is 41.4. The molecule has 0 aromatic heterocycles. The number of carbonyl (C=O) groups excluding carboxylic acids is 2. The van der Waals surface area contributed by atoms with Gasteiger partial charge in [-0.25, -0.2) is 0 Å². The van der Waals surface area contributed by atoms with Gasteiger partial charge in [-0.15, -0.1) is 0 Å². The molecule has 4 rings (SSSR count). The molecular weight excluding hydrogens is 689 g/mol. The van der Waals surface area contributed by atoms with Gasteiger partial charge < -0.3 is 9.64 Å². The normalized spacial score (nSPS) is 20.0. The van der Waals surface area contributed by atoms with Gasteiger partial charge in [0.25, 0.3) is 0 Å². The number of amides is 2. The van der Waals surface area contributed by atoms with Crippen molar-refractivity contribution in [3.8, 4) is 0 Å². The van der Waals surface area contributed by atoms with E-state index in [4.69, 9.17) is 27.9 Å². The van der Waals surface area contributed by atoms with Crippen LogP contribution in [0.5, 0.6) is 0 Å². The number of halogens is 2. The van der Waals surface area contributed by atoms with Crippen molar-refractivity contribution in [2.75, 3.05) is 44.2 Å². The van der Waals surface area contributed by atoms with Crippen LogP contribution in [0, 0.1) is 5.92 Å². The Balaban J connectivity index is 1.08. The molecule has 0 spiro atoms. The number of unbranched alkanes of at least 4 members (excludes halogenated alkanes) is 3. The summed E-state index contributed by atoms with van der Waals surface area (Å²) in [5.41, 5.74) is 1.01. The molecule has 282 valence electrons. The second-order valence-corrected chi connectivity index (χ2v) is 14.5. The van der Waals surface area contributed by atoms with E-state index >= 15 is 0 Å². The Morgan fingerprint density at radius 3 is 2.17 bits per heavy atom. The molecule has 2 fully saturated rings. The van der Waals surface area contributed by atoms with E-state index in [1.807, 2.05) is 30.4 Å². The minimum absolute atomic E-state index is 0.0693. The van der Waals surface area contributed by atoms with E-state index in [0.29, 0.717) is 29.5 Å². The molecule has 2 unspecified atom stereocenters. The maximum atomic E-state index is 13.3. The number of allylic oxidation sites excluding steroid dienone is 11. The topological polar surface area (TPSA) is 53.1 Å². The highest BCUT2D eigenvalue weighted by Crippen LogP contribution is 2.34. The number of imide groups is 1. The number of piperidine rings is 1. The summed E-state index contributed by atoms with van der Waals surface area (Å²) < 4.78 is 6.13. The zero-order valence-electron chi connectivity index (χ0n) is 31.1. The van der Waals surface area contributed by atoms with Gasteiger partial charge in [0, 0.05) is 44.9 Å². The summed E-state index contributed by atoms with van der Waals surface area (Å²) in [6.07, 6.45) is 39.4. The summed E-state index contributed by atoms with van der Waals surface area (Å²) in [5.74, 6) is 0.770. The lowest BCUT2D eigenvalue weighted by molar-refractivity contribution is -0.150. The minimum atomic E-state index is -0.253. The van der Waals surface area contributed by atoms with Crippen molar-refractivity contribution < 1.29 is 14.3 Å². The Morgan fingerprint density at radius 1 is 0.846 bits per heavy atom. The number of hydrogen-bond acceptors (Lipinski definition) is 5. The molecule has 2 aliphatic heterocycles. The molecule has 8 heteroatoms. The van der Waals surface area contributed by atoms with E-state index in [9.17, 15) is 9.59 Å². The third-order valence-electron chi connectivity index (χ3n) is 9.73. The van der Waals surface area contributed by atoms with Gasteiger partial charge >= 0.3 is 0 Å². The lowest BCUT2D eigenvalue weighted by Crippen LogP contribution is -2.51. The van der Waals surface area contributed by atoms with Crippen molar-refractivity contribution in [2.24, 2.45) is 5.92 Å². The van der Waals surface area contributed by atoms with Crippen LogP contribution in [0.3, 0.4) is 0 Å². The van der Waals surface area contributed by atoms with E-state index in [0.717, 1.165) is 108 Å². The number of rotatable bonds is 21. The smallest absolute Gasteiger partial charge is 0.229 e. The van der Waals surface area contributed by atoms with E-state index < -0.39 is 0 Å². The predicted octanol–water partition coefficient (Wildman–Crippen LogP) is 10.8. The number of anilines is 1. The van der Waals surface area contributed by atoms with E-state index in [2.05, 4.69) is 83.6 Å². The van der Waals surface area contributed by atoms with Crippen molar-refractivity contribution >= 4 is 40.7 Å². The maximum Gasteiger partial charge on any atom is 0.229 e. The van der Waals surface area contributed by atoms with E-state index in [1.165, 1.54) is 11.3 Å². The zero-order chi connectivity index (χ0) is 36.8. The molecule has 0 saturated carbocycles. The Labute approximate surface area is 323 Å². The Morgan fingerprint density at radius 2 is 1.50 bits per heavy atom. The SMILES string of the molecule is CCCC=CCC=CCC=CCC=CCC=CCCCC(=O)N1C(=O)CCC2C=CC(OCCCCN3CCN(c4cccc(Cl)c4Cl)CC3)=CC21. The number of likely N-dealkylation sites (tertiary alicyclic amines) is 1. The Kier molecular flexibility index (Phi) is 19.2. The summed E-state index contributed by atoms with van der Waals surface area (Å²) in [4.78, 5) is 32.5. The van der Waals surface area contributed by atoms with Crippen molar-refractivity contribution in [1.29, 1.82) is 0 Å². The van der Waals surface area contributed by atoms with Crippen LogP contribution in [-0.4, -0.2) is 67.0 Å². The van der Waals surface area contributed by atoms with Crippen LogP contribution in [0.2, 0.25) is 10.0 Å². The number of ether oxygens (including phenoxy) is 1. The quantitative estimate of drug-likeness (QED) is 0.0926. The fourth-order valence-corrected chi connectivity index (χ4v) is 7.16. The third-order valence-corrected chi connectivity index (χ3v) is 10.5. The van der Waals surface area contributed by atoms with Crippen LogP contribution >= 0.6 is 23.2 Å². The average Bonchev–Trinajstić information content (AvgIpc) is 3.15. The van der Waals surface area contributed by atoms with Crippen LogP contribution in [-0.2, 0) is 14.3 Å². The van der Waals surface area contributed by atoms with E-state index in [1.54, 1.807) is 0 Å². The van der Waals surface area contributed by atoms with Gasteiger partial charge in [-0.1, -0.05) is 109 Å². The molecule has 0 N–H and O–H groups in total. The molecule has 2 saturated heterocycles. The van der Waals surface area contributed by atoms with Crippen LogP contribution < -0.4 is 4.90 Å². The molecule has 3 aliphatic rings. The van der Waals surface area contributed by atoms with Crippen LogP contribution in [0.15, 0.2) is 103 Å². The highest BCUT2D eigenvalue weighted by atomic mass is 35.5. The molecule has 2 amide bonds. The summed E-state index contributed by atoms with van der Waals surface area (Å²) >= 11 is 12.6. The molecule has 2 heterocycles. The summed E-state index contributed by atoms with van der Waals surface area (Å²) in [5, 5.41) is 1.22. The first-order valence-corrected chi connectivity index (χ1v) is 20.3. The highest BCUT2D eigenvalue weighted by Gasteiger charge is 2.38. The molecule has 0 radical (unpaired) electrons. The second-order valence-electron chi connectivity index (χ2n) is 13.7. The minimum Gasteiger partial charge on any atom is -0.494 e. The Bertz CT molecular complexity index is 1470. The molecule has 1 aromatic rings. The number of piperazine rings is 1. The first-order chi connectivity index (χ1) is 25.5. The average molecular weight is 749 g/mol. The number of benzene rings is 1. The fourth-order valence-electron chi connectivity index (χ4n) is 6.75. The van der Waals surface area contributed by atoms with E-state index in [-0.39, 0.29) is 23.8 Å². The molecule has 0 bridgehead atoms. The monoisotopic (exact) mass is 747 g/mol. The van der Waals surface area contributed by atoms with Gasteiger partial charge in [-0.2, -0.15) is 0 Å². The van der Waals surface area contributed by atoms with Crippen LogP contribution in [0.4, 0.5) is 5.69 Å². The van der Waals surface area contributed by atoms with Gasteiger partial charge in [-0.3, -0.25) is 19.4 Å². The molecular formula is C44H59Cl2N3O3. The summed E-state index contributed by atoms with van der Waals surface area (Å²) in [7, 11) is 0. The lowest BCUT2D eigenvalue weighted by Gasteiger charge is -2.39. The maximum absolute atomic E-state index is 13.3. The largest absolute Gasteiger partial charge is 0.494 e. The van der Waals surface area contributed by atoms with Gasteiger partial charge in [0.2, 0.25) is 11.8 Å². The standard InChI is InChI=1S/C44H59Cl2N3O3/c1-2-3-4-5-6-7-8-9-10-11-12-13-14-15-16-17-18-19-25-42(50)49-41-36-38(28-26-37(41)27-29-43(49)51)52-35-21-20-30-47-31-33-48(34-32-47)40-24-22-23-39(45)44(40)46/h4-5,7-8,10-11,13-14,16-17,22-24,26,28,36-37,41H,2-3,6,9,12,15,18-21,25,27,29-35H2,1H3. The van der Waals surface area contributed by atoms with Crippen LogP contribution in [0.25, 0.3) is 0 Å². The van der Waals surface area contributed by atoms with Crippen molar-refractivity contribution in [3.63, 3.8) is 0 Å². The van der Waals surface area contributed by atoms with Crippen molar-refractivity contribution in [1.82, 2.24) is 9.80 Å². The molecule has 1 aromatic carbocycles. The third kappa shape index (κ3) is 14.2. The lowest BCUT2D eigenvalue weighted by atomic mass is 9.85. The number of nitrogens with zero attached hydrogens (tertiary/aromatic N) is 3. The zero-order valence-corrected chi connectivity index (χ0v) is 32.7. The highest BCUT2D eigenvalue weighted by molar-refractivity contribution is 6.43. The molecule has 52 heavy (non-hydrogen) atoms.